The summed E-state index contributed by atoms with van der Waals surface area (Å²) in [5.74, 6) is -0.609. The average molecular weight is 404 g/mol. The lowest BCUT2D eigenvalue weighted by Crippen LogP contribution is -2.45. The van der Waals surface area contributed by atoms with Crippen LogP contribution >= 0.6 is 0 Å². The first-order chi connectivity index (χ1) is 13.2. The lowest BCUT2D eigenvalue weighted by molar-refractivity contribution is 0.0697. The van der Waals surface area contributed by atoms with E-state index in [2.05, 4.69) is 9.97 Å². The van der Waals surface area contributed by atoms with Gasteiger partial charge in [-0.25, -0.2) is 14.8 Å². The third-order valence-corrected chi connectivity index (χ3v) is 6.75. The highest BCUT2D eigenvalue weighted by atomic mass is 32.2. The van der Waals surface area contributed by atoms with E-state index in [-0.39, 0.29) is 11.5 Å². The summed E-state index contributed by atoms with van der Waals surface area (Å²) in [5.41, 5.74) is 1.95. The van der Waals surface area contributed by atoms with Gasteiger partial charge < -0.3 is 5.11 Å². The second-order valence-electron chi connectivity index (χ2n) is 7.09. The zero-order valence-corrected chi connectivity index (χ0v) is 17.0. The van der Waals surface area contributed by atoms with Crippen molar-refractivity contribution in [1.82, 2.24) is 18.6 Å². The smallest absolute Gasteiger partial charge is 0.336 e. The number of benzene rings is 1. The fourth-order valence-electron chi connectivity index (χ4n) is 3.40. The molecule has 8 nitrogen and oxygen atoms in total. The Morgan fingerprint density at radius 2 is 1.96 bits per heavy atom. The van der Waals surface area contributed by atoms with Crippen LogP contribution in [0.4, 0.5) is 0 Å². The molecule has 9 heteroatoms. The second kappa shape index (κ2) is 7.94. The molecule has 0 bridgehead atoms. The molecule has 1 atom stereocenters. The van der Waals surface area contributed by atoms with E-state index in [0.29, 0.717) is 35.9 Å². The van der Waals surface area contributed by atoms with Crippen molar-refractivity contribution >= 4 is 16.2 Å². The Kier molecular flexibility index (Phi) is 5.78. The van der Waals surface area contributed by atoms with E-state index >= 15 is 0 Å². The summed E-state index contributed by atoms with van der Waals surface area (Å²) < 4.78 is 27.6. The van der Waals surface area contributed by atoms with Gasteiger partial charge in [-0.2, -0.15) is 17.0 Å². The molecule has 1 N–H and O–H groups in total. The van der Waals surface area contributed by atoms with Crippen molar-refractivity contribution in [3.63, 3.8) is 0 Å². The van der Waals surface area contributed by atoms with Crippen molar-refractivity contribution in [1.29, 1.82) is 0 Å². The Labute approximate surface area is 165 Å². The van der Waals surface area contributed by atoms with Crippen LogP contribution in [0.1, 0.15) is 40.6 Å². The molecule has 1 aliphatic heterocycles. The van der Waals surface area contributed by atoms with Gasteiger partial charge in [0.25, 0.3) is 10.2 Å². The number of carbonyl (C=O) groups is 1. The quantitative estimate of drug-likeness (QED) is 0.819. The topological polar surface area (TPSA) is 104 Å². The number of aromatic nitrogens is 2. The van der Waals surface area contributed by atoms with Crippen molar-refractivity contribution in [3.8, 4) is 11.3 Å². The van der Waals surface area contributed by atoms with Gasteiger partial charge in [-0.3, -0.25) is 0 Å². The van der Waals surface area contributed by atoms with E-state index in [1.54, 1.807) is 30.3 Å². The lowest BCUT2D eigenvalue weighted by atomic mass is 9.97. The van der Waals surface area contributed by atoms with Gasteiger partial charge in [0, 0.05) is 44.4 Å². The highest BCUT2D eigenvalue weighted by molar-refractivity contribution is 7.86. The molecule has 1 aliphatic rings. The van der Waals surface area contributed by atoms with E-state index < -0.39 is 16.2 Å². The number of piperidine rings is 1. The number of aryl methyl sites for hydroxylation is 1. The SMILES string of the molecule is Cc1cc(-c2ccccc2C(=O)O)nc([C@@H]2CCCN(S(=O)(=O)N(C)C)C2)n1. The maximum absolute atomic E-state index is 12.5. The van der Waals surface area contributed by atoms with E-state index in [1.807, 2.05) is 6.92 Å². The van der Waals surface area contributed by atoms with E-state index in [9.17, 15) is 18.3 Å². The number of hydrogen-bond acceptors (Lipinski definition) is 5. The fourth-order valence-corrected chi connectivity index (χ4v) is 4.59. The van der Waals surface area contributed by atoms with Crippen molar-refractivity contribution in [2.45, 2.75) is 25.7 Å². The van der Waals surface area contributed by atoms with E-state index in [0.717, 1.165) is 12.8 Å². The van der Waals surface area contributed by atoms with Crippen molar-refractivity contribution in [3.05, 3.63) is 47.4 Å². The minimum atomic E-state index is -3.50. The van der Waals surface area contributed by atoms with Gasteiger partial charge in [0.05, 0.1) is 11.3 Å². The molecule has 28 heavy (non-hydrogen) atoms. The summed E-state index contributed by atoms with van der Waals surface area (Å²) in [7, 11) is -0.464. The highest BCUT2D eigenvalue weighted by Crippen LogP contribution is 2.29. The zero-order valence-electron chi connectivity index (χ0n) is 16.2. The summed E-state index contributed by atoms with van der Waals surface area (Å²) in [5, 5.41) is 9.47. The largest absolute Gasteiger partial charge is 0.478 e. The summed E-state index contributed by atoms with van der Waals surface area (Å²) in [6.07, 6.45) is 1.50. The van der Waals surface area contributed by atoms with Crippen LogP contribution in [0.3, 0.4) is 0 Å². The minimum Gasteiger partial charge on any atom is -0.478 e. The molecule has 0 unspecified atom stereocenters. The molecule has 1 fully saturated rings. The van der Waals surface area contributed by atoms with Crippen LogP contribution in [-0.2, 0) is 10.2 Å². The Morgan fingerprint density at radius 3 is 2.64 bits per heavy atom. The molecule has 2 aromatic rings. The van der Waals surface area contributed by atoms with Gasteiger partial charge in [0.15, 0.2) is 0 Å². The number of aromatic carboxylic acids is 1. The number of nitrogens with zero attached hydrogens (tertiary/aromatic N) is 4. The van der Waals surface area contributed by atoms with Crippen molar-refractivity contribution in [2.24, 2.45) is 0 Å². The van der Waals surface area contributed by atoms with Gasteiger partial charge in [-0.15, -0.1) is 0 Å². The number of rotatable bonds is 5. The number of carboxylic acids is 1. The predicted molar refractivity (Wildman–Crippen MR) is 105 cm³/mol. The van der Waals surface area contributed by atoms with Crippen molar-refractivity contribution < 1.29 is 18.3 Å². The van der Waals surface area contributed by atoms with Crippen LogP contribution in [0.2, 0.25) is 0 Å². The first kappa shape index (κ1) is 20.4. The van der Waals surface area contributed by atoms with Gasteiger partial charge >= 0.3 is 5.97 Å². The molecule has 1 aromatic heterocycles. The zero-order chi connectivity index (χ0) is 20.5. The Balaban J connectivity index is 1.98. The Morgan fingerprint density at radius 1 is 1.25 bits per heavy atom. The molecule has 0 spiro atoms. The molecular weight excluding hydrogens is 380 g/mol. The van der Waals surface area contributed by atoms with Gasteiger partial charge in [-0.1, -0.05) is 18.2 Å². The normalized spacial score (nSPS) is 18.4. The van der Waals surface area contributed by atoms with Gasteiger partial charge in [0.2, 0.25) is 0 Å². The molecule has 2 heterocycles. The first-order valence-corrected chi connectivity index (χ1v) is 10.5. The van der Waals surface area contributed by atoms with Crippen LogP contribution in [0.25, 0.3) is 11.3 Å². The molecule has 0 radical (unpaired) electrons. The van der Waals surface area contributed by atoms with Crippen molar-refractivity contribution in [2.75, 3.05) is 27.2 Å². The molecule has 0 amide bonds. The molecule has 3 rings (SSSR count). The summed E-state index contributed by atoms with van der Waals surface area (Å²) in [6.45, 7) is 2.61. The third-order valence-electron chi connectivity index (χ3n) is 4.84. The van der Waals surface area contributed by atoms with E-state index in [1.165, 1.54) is 22.7 Å². The van der Waals surface area contributed by atoms with E-state index in [4.69, 9.17) is 0 Å². The Hall–Kier alpha value is -2.36. The summed E-state index contributed by atoms with van der Waals surface area (Å²) >= 11 is 0. The Bertz CT molecular complexity index is 991. The van der Waals surface area contributed by atoms with Gasteiger partial charge in [0.1, 0.15) is 5.82 Å². The van der Waals surface area contributed by atoms with Crippen LogP contribution in [0.5, 0.6) is 0 Å². The van der Waals surface area contributed by atoms with Crippen LogP contribution in [0.15, 0.2) is 30.3 Å². The lowest BCUT2D eigenvalue weighted by Gasteiger charge is -2.33. The summed E-state index contributed by atoms with van der Waals surface area (Å²) in [6, 6.07) is 8.46. The average Bonchev–Trinajstić information content (AvgIpc) is 2.67. The predicted octanol–water partition coefficient (Wildman–Crippen LogP) is 2.14. The van der Waals surface area contributed by atoms with Crippen LogP contribution in [0, 0.1) is 6.92 Å². The molecule has 0 saturated carbocycles. The molecule has 1 aromatic carbocycles. The number of carboxylic acid groups (broad SMARTS) is 1. The molecule has 150 valence electrons. The minimum absolute atomic E-state index is 0.140. The molecule has 1 saturated heterocycles. The maximum Gasteiger partial charge on any atom is 0.336 e. The monoisotopic (exact) mass is 404 g/mol. The van der Waals surface area contributed by atoms with Crippen LogP contribution in [-0.4, -0.2) is 65.3 Å². The fraction of sp³-hybridized carbons (Fsp3) is 0.421. The first-order valence-electron chi connectivity index (χ1n) is 9.06. The second-order valence-corrected chi connectivity index (χ2v) is 9.23. The maximum atomic E-state index is 12.5. The number of hydrogen-bond donors (Lipinski definition) is 1. The van der Waals surface area contributed by atoms with Crippen LogP contribution < -0.4 is 0 Å². The third kappa shape index (κ3) is 4.06. The summed E-state index contributed by atoms with van der Waals surface area (Å²) in [4.78, 5) is 20.7. The highest BCUT2D eigenvalue weighted by Gasteiger charge is 2.32. The standard InChI is InChI=1S/C19H24N4O4S/c1-13-11-17(15-8-4-5-9-16(15)19(24)25)21-18(20-13)14-7-6-10-23(12-14)28(26,27)22(2)3/h4-5,8-9,11,14H,6-7,10,12H2,1-3H3,(H,24,25)/t14-/m1/s1. The van der Waals surface area contributed by atoms with Gasteiger partial charge in [-0.05, 0) is 31.9 Å². The molecular formula is C19H24N4O4S. The molecule has 0 aliphatic carbocycles.